The largest absolute Gasteiger partial charge is 0.458 e. The molecular weight excluding hydrogens is 230 g/mol. The van der Waals surface area contributed by atoms with Crippen LogP contribution in [0.3, 0.4) is 0 Å². The summed E-state index contributed by atoms with van der Waals surface area (Å²) in [5.74, 6) is 0.159. The lowest BCUT2D eigenvalue weighted by Crippen LogP contribution is -2.43. The van der Waals surface area contributed by atoms with E-state index in [-0.39, 0.29) is 11.9 Å². The third-order valence-electron chi connectivity index (χ3n) is 3.15. The second-order valence-corrected chi connectivity index (χ2v) is 6.11. The normalized spacial score (nSPS) is 22.2. The van der Waals surface area contributed by atoms with Gasteiger partial charge in [0, 0.05) is 13.0 Å². The SMILES string of the molecule is CCCC1CC(=O)N(C(C)C(=O)OC(C)(C)C)C1. The van der Waals surface area contributed by atoms with Gasteiger partial charge in [0.05, 0.1) is 0 Å². The van der Waals surface area contributed by atoms with Crippen molar-refractivity contribution in [2.24, 2.45) is 5.92 Å². The zero-order valence-electron chi connectivity index (χ0n) is 12.2. The highest BCUT2D eigenvalue weighted by atomic mass is 16.6. The Kier molecular flexibility index (Phi) is 4.77. The molecule has 0 radical (unpaired) electrons. The third-order valence-corrected chi connectivity index (χ3v) is 3.15. The van der Waals surface area contributed by atoms with Crippen molar-refractivity contribution in [1.29, 1.82) is 0 Å². The number of hydrogen-bond acceptors (Lipinski definition) is 3. The topological polar surface area (TPSA) is 46.6 Å². The van der Waals surface area contributed by atoms with Gasteiger partial charge in [-0.15, -0.1) is 0 Å². The van der Waals surface area contributed by atoms with Crippen molar-refractivity contribution in [2.75, 3.05) is 6.54 Å². The molecular formula is C14H25NO3. The predicted molar refractivity (Wildman–Crippen MR) is 70.0 cm³/mol. The molecule has 1 aliphatic rings. The van der Waals surface area contributed by atoms with Crippen LogP contribution in [0, 0.1) is 5.92 Å². The Morgan fingerprint density at radius 1 is 1.50 bits per heavy atom. The number of amides is 1. The molecule has 0 bridgehead atoms. The molecule has 1 heterocycles. The molecule has 0 aromatic carbocycles. The van der Waals surface area contributed by atoms with Crippen molar-refractivity contribution < 1.29 is 14.3 Å². The zero-order chi connectivity index (χ0) is 13.9. The monoisotopic (exact) mass is 255 g/mol. The fourth-order valence-electron chi connectivity index (χ4n) is 2.30. The summed E-state index contributed by atoms with van der Waals surface area (Å²) in [6, 6.07) is -0.474. The fraction of sp³-hybridized carbons (Fsp3) is 0.857. The summed E-state index contributed by atoms with van der Waals surface area (Å²) < 4.78 is 5.32. The maximum absolute atomic E-state index is 11.9. The quantitative estimate of drug-likeness (QED) is 0.724. The molecule has 1 aliphatic heterocycles. The lowest BCUT2D eigenvalue weighted by molar-refractivity contribution is -0.163. The van der Waals surface area contributed by atoms with Crippen molar-refractivity contribution >= 4 is 11.9 Å². The van der Waals surface area contributed by atoms with Crippen LogP contribution in [0.1, 0.15) is 53.9 Å². The molecule has 4 nitrogen and oxygen atoms in total. The molecule has 0 spiro atoms. The maximum Gasteiger partial charge on any atom is 0.329 e. The molecule has 104 valence electrons. The van der Waals surface area contributed by atoms with Crippen LogP contribution in [0.4, 0.5) is 0 Å². The maximum atomic E-state index is 11.9. The summed E-state index contributed by atoms with van der Waals surface area (Å²) in [5.41, 5.74) is -0.503. The molecule has 4 heteroatoms. The minimum atomic E-state index is -0.503. The number of likely N-dealkylation sites (tertiary alicyclic amines) is 1. The number of carbonyl (C=O) groups is 2. The molecule has 1 rings (SSSR count). The highest BCUT2D eigenvalue weighted by Gasteiger charge is 2.36. The number of hydrogen-bond donors (Lipinski definition) is 0. The molecule has 2 unspecified atom stereocenters. The van der Waals surface area contributed by atoms with E-state index in [9.17, 15) is 9.59 Å². The van der Waals surface area contributed by atoms with Gasteiger partial charge in [-0.25, -0.2) is 4.79 Å². The van der Waals surface area contributed by atoms with E-state index >= 15 is 0 Å². The lowest BCUT2D eigenvalue weighted by atomic mass is 10.0. The van der Waals surface area contributed by atoms with Gasteiger partial charge < -0.3 is 9.64 Å². The Bertz CT molecular complexity index is 319. The first kappa shape index (κ1) is 15.0. The van der Waals surface area contributed by atoms with Crippen LogP contribution < -0.4 is 0 Å². The Hall–Kier alpha value is -1.06. The molecule has 0 aromatic rings. The van der Waals surface area contributed by atoms with Gasteiger partial charge in [0.25, 0.3) is 0 Å². The number of nitrogens with zero attached hydrogens (tertiary/aromatic N) is 1. The number of esters is 1. The van der Waals surface area contributed by atoms with E-state index in [1.807, 2.05) is 20.8 Å². The van der Waals surface area contributed by atoms with E-state index in [4.69, 9.17) is 4.74 Å². The first-order valence-electron chi connectivity index (χ1n) is 6.77. The molecule has 0 aliphatic carbocycles. The number of ether oxygens (including phenoxy) is 1. The van der Waals surface area contributed by atoms with E-state index in [0.717, 1.165) is 12.8 Å². The van der Waals surface area contributed by atoms with E-state index in [0.29, 0.717) is 18.9 Å². The molecule has 0 aromatic heterocycles. The van der Waals surface area contributed by atoms with E-state index < -0.39 is 11.6 Å². The lowest BCUT2D eigenvalue weighted by Gasteiger charge is -2.27. The second-order valence-electron chi connectivity index (χ2n) is 6.11. The van der Waals surface area contributed by atoms with Gasteiger partial charge >= 0.3 is 5.97 Å². The van der Waals surface area contributed by atoms with Crippen LogP contribution in [-0.2, 0) is 14.3 Å². The number of rotatable bonds is 4. The summed E-state index contributed by atoms with van der Waals surface area (Å²) in [6.45, 7) is 10.1. The summed E-state index contributed by atoms with van der Waals surface area (Å²) in [4.78, 5) is 25.5. The molecule has 0 saturated carbocycles. The smallest absolute Gasteiger partial charge is 0.329 e. The zero-order valence-corrected chi connectivity index (χ0v) is 12.2. The van der Waals surface area contributed by atoms with Crippen LogP contribution in [0.15, 0.2) is 0 Å². The fourth-order valence-corrected chi connectivity index (χ4v) is 2.30. The van der Waals surface area contributed by atoms with Gasteiger partial charge in [0.1, 0.15) is 11.6 Å². The van der Waals surface area contributed by atoms with Crippen LogP contribution in [0.5, 0.6) is 0 Å². The summed E-state index contributed by atoms with van der Waals surface area (Å²) in [7, 11) is 0. The first-order chi connectivity index (χ1) is 8.24. The minimum Gasteiger partial charge on any atom is -0.458 e. The summed E-state index contributed by atoms with van der Waals surface area (Å²) in [6.07, 6.45) is 2.69. The summed E-state index contributed by atoms with van der Waals surface area (Å²) in [5, 5.41) is 0. The van der Waals surface area contributed by atoms with Crippen molar-refractivity contribution in [3.8, 4) is 0 Å². The van der Waals surface area contributed by atoms with Gasteiger partial charge in [-0.3, -0.25) is 4.79 Å². The van der Waals surface area contributed by atoms with Crippen LogP contribution in [0.2, 0.25) is 0 Å². The molecule has 1 amide bonds. The molecule has 1 fully saturated rings. The average molecular weight is 255 g/mol. The standard InChI is InChI=1S/C14H25NO3/c1-6-7-11-8-12(16)15(9-11)10(2)13(17)18-14(3,4)5/h10-11H,6-9H2,1-5H3. The second kappa shape index (κ2) is 5.72. The summed E-state index contributed by atoms with van der Waals surface area (Å²) >= 11 is 0. The van der Waals surface area contributed by atoms with Crippen molar-refractivity contribution in [3.05, 3.63) is 0 Å². The molecule has 1 saturated heterocycles. The highest BCUT2D eigenvalue weighted by molar-refractivity contribution is 5.85. The minimum absolute atomic E-state index is 0.0757. The van der Waals surface area contributed by atoms with Gasteiger partial charge in [0.2, 0.25) is 5.91 Å². The Morgan fingerprint density at radius 2 is 2.11 bits per heavy atom. The van der Waals surface area contributed by atoms with Gasteiger partial charge in [0.15, 0.2) is 0 Å². The van der Waals surface area contributed by atoms with Gasteiger partial charge in [-0.05, 0) is 40.0 Å². The molecule has 2 atom stereocenters. The van der Waals surface area contributed by atoms with Crippen molar-refractivity contribution in [2.45, 2.75) is 65.5 Å². The van der Waals surface area contributed by atoms with E-state index in [2.05, 4.69) is 6.92 Å². The van der Waals surface area contributed by atoms with Crippen molar-refractivity contribution in [3.63, 3.8) is 0 Å². The van der Waals surface area contributed by atoms with Crippen LogP contribution in [0.25, 0.3) is 0 Å². The van der Waals surface area contributed by atoms with Crippen LogP contribution >= 0.6 is 0 Å². The molecule has 0 N–H and O–H groups in total. The Labute approximate surface area is 110 Å². The third kappa shape index (κ3) is 4.00. The Balaban J connectivity index is 2.59. The highest BCUT2D eigenvalue weighted by Crippen LogP contribution is 2.24. The van der Waals surface area contributed by atoms with Crippen LogP contribution in [-0.4, -0.2) is 35.0 Å². The first-order valence-corrected chi connectivity index (χ1v) is 6.77. The Morgan fingerprint density at radius 3 is 2.61 bits per heavy atom. The van der Waals surface area contributed by atoms with Gasteiger partial charge in [-0.2, -0.15) is 0 Å². The average Bonchev–Trinajstić information content (AvgIpc) is 2.56. The van der Waals surface area contributed by atoms with Crippen molar-refractivity contribution in [1.82, 2.24) is 4.90 Å². The molecule has 18 heavy (non-hydrogen) atoms. The van der Waals surface area contributed by atoms with Gasteiger partial charge in [-0.1, -0.05) is 13.3 Å². The van der Waals surface area contributed by atoms with E-state index in [1.54, 1.807) is 11.8 Å². The number of carbonyl (C=O) groups excluding carboxylic acids is 2. The predicted octanol–water partition coefficient (Wildman–Crippen LogP) is 2.37. The van der Waals surface area contributed by atoms with E-state index in [1.165, 1.54) is 0 Å².